The fraction of sp³-hybridized carbons (Fsp3) is 0.250. The zero-order valence-electron chi connectivity index (χ0n) is 12.3. The first-order valence-electron chi connectivity index (χ1n) is 6.91. The van der Waals surface area contributed by atoms with Crippen LogP contribution in [0.15, 0.2) is 47.4 Å². The summed E-state index contributed by atoms with van der Waals surface area (Å²) in [6.45, 7) is 1.94. The summed E-state index contributed by atoms with van der Waals surface area (Å²) < 4.78 is 33.6. The van der Waals surface area contributed by atoms with E-state index >= 15 is 0 Å². The van der Waals surface area contributed by atoms with Gasteiger partial charge in [-0.05, 0) is 65.8 Å². The third-order valence-corrected chi connectivity index (χ3v) is 6.59. The third-order valence-electron chi connectivity index (χ3n) is 3.82. The largest absolute Gasteiger partial charge is 0.496 e. The molecule has 0 saturated carbocycles. The molecule has 1 aliphatic heterocycles. The Labute approximate surface area is 144 Å². The van der Waals surface area contributed by atoms with Gasteiger partial charge in [0, 0.05) is 6.04 Å². The molecule has 1 atom stereocenters. The molecule has 0 radical (unpaired) electrons. The lowest BCUT2D eigenvalue weighted by Gasteiger charge is -2.24. The van der Waals surface area contributed by atoms with Crippen molar-refractivity contribution in [3.8, 4) is 5.75 Å². The van der Waals surface area contributed by atoms with E-state index in [-0.39, 0.29) is 6.04 Å². The molecular formula is C16H16INO3S. The highest BCUT2D eigenvalue weighted by atomic mass is 127. The predicted molar refractivity (Wildman–Crippen MR) is 95.0 cm³/mol. The highest BCUT2D eigenvalue weighted by molar-refractivity contribution is 14.1. The number of para-hydroxylation sites is 1. The molecular weight excluding hydrogens is 413 g/mol. The van der Waals surface area contributed by atoms with Crippen molar-refractivity contribution in [2.75, 3.05) is 11.4 Å². The number of halogens is 1. The van der Waals surface area contributed by atoms with Gasteiger partial charge in [0.1, 0.15) is 5.75 Å². The van der Waals surface area contributed by atoms with E-state index < -0.39 is 10.0 Å². The van der Waals surface area contributed by atoms with Crippen LogP contribution in [0.5, 0.6) is 5.75 Å². The number of anilines is 1. The lowest BCUT2D eigenvalue weighted by molar-refractivity contribution is 0.411. The summed E-state index contributed by atoms with van der Waals surface area (Å²) in [6, 6.07) is 12.5. The second-order valence-corrected chi connectivity index (χ2v) is 8.26. The molecule has 116 valence electrons. The Balaban J connectivity index is 2.09. The van der Waals surface area contributed by atoms with Gasteiger partial charge in [0.15, 0.2) is 0 Å². The Morgan fingerprint density at radius 3 is 2.64 bits per heavy atom. The van der Waals surface area contributed by atoms with Crippen LogP contribution in [0.2, 0.25) is 0 Å². The van der Waals surface area contributed by atoms with Gasteiger partial charge in [-0.25, -0.2) is 8.42 Å². The standard InChI is InChI=1S/C16H16INO3S/c1-11-9-12-5-3-4-6-15(12)18(11)22(19,20)13-7-8-16(21-2)14(17)10-13/h3-8,10-11H,9H2,1-2H3. The maximum absolute atomic E-state index is 13.0. The Kier molecular flexibility index (Phi) is 4.07. The molecule has 0 aromatic heterocycles. The Hall–Kier alpha value is -1.28. The summed E-state index contributed by atoms with van der Waals surface area (Å²) in [5, 5.41) is 0. The zero-order chi connectivity index (χ0) is 15.9. The fourth-order valence-corrected chi connectivity index (χ4v) is 5.49. The monoisotopic (exact) mass is 429 g/mol. The van der Waals surface area contributed by atoms with Crippen LogP contribution >= 0.6 is 22.6 Å². The average molecular weight is 429 g/mol. The summed E-state index contributed by atoms with van der Waals surface area (Å²) in [7, 11) is -2.00. The van der Waals surface area contributed by atoms with E-state index in [9.17, 15) is 8.42 Å². The number of rotatable bonds is 3. The molecule has 4 nitrogen and oxygen atoms in total. The number of nitrogens with zero attached hydrogens (tertiary/aromatic N) is 1. The first kappa shape index (κ1) is 15.6. The molecule has 6 heteroatoms. The molecule has 0 amide bonds. The Morgan fingerprint density at radius 1 is 1.23 bits per heavy atom. The number of methoxy groups -OCH3 is 1. The van der Waals surface area contributed by atoms with E-state index in [2.05, 4.69) is 22.6 Å². The van der Waals surface area contributed by atoms with E-state index in [0.717, 1.165) is 21.2 Å². The van der Waals surface area contributed by atoms with Gasteiger partial charge in [0.2, 0.25) is 0 Å². The van der Waals surface area contributed by atoms with Crippen LogP contribution in [0.1, 0.15) is 12.5 Å². The topological polar surface area (TPSA) is 46.6 Å². The normalized spacial score (nSPS) is 17.4. The summed E-state index contributed by atoms with van der Waals surface area (Å²) >= 11 is 2.09. The van der Waals surface area contributed by atoms with Crippen LogP contribution in [0.3, 0.4) is 0 Å². The minimum atomic E-state index is -3.58. The molecule has 1 unspecified atom stereocenters. The van der Waals surface area contributed by atoms with Gasteiger partial charge >= 0.3 is 0 Å². The van der Waals surface area contributed by atoms with E-state index in [0.29, 0.717) is 10.6 Å². The minimum absolute atomic E-state index is 0.0813. The molecule has 2 aromatic carbocycles. The minimum Gasteiger partial charge on any atom is -0.496 e. The molecule has 0 N–H and O–H groups in total. The van der Waals surface area contributed by atoms with Crippen molar-refractivity contribution in [3.05, 3.63) is 51.6 Å². The van der Waals surface area contributed by atoms with Gasteiger partial charge in [0.05, 0.1) is 21.3 Å². The maximum atomic E-state index is 13.0. The molecule has 2 aromatic rings. The van der Waals surface area contributed by atoms with E-state index in [4.69, 9.17) is 4.74 Å². The first-order chi connectivity index (χ1) is 10.4. The average Bonchev–Trinajstić information content (AvgIpc) is 2.83. The van der Waals surface area contributed by atoms with Crippen molar-refractivity contribution in [2.24, 2.45) is 0 Å². The second kappa shape index (κ2) is 5.73. The summed E-state index contributed by atoms with van der Waals surface area (Å²) in [5.41, 5.74) is 1.85. The van der Waals surface area contributed by atoms with Crippen LogP contribution in [0, 0.1) is 3.57 Å². The smallest absolute Gasteiger partial charge is 0.264 e. The van der Waals surface area contributed by atoms with Gasteiger partial charge in [0.25, 0.3) is 10.0 Å². The Morgan fingerprint density at radius 2 is 1.95 bits per heavy atom. The molecule has 0 saturated heterocycles. The van der Waals surface area contributed by atoms with Gasteiger partial charge in [-0.2, -0.15) is 0 Å². The molecule has 0 spiro atoms. The number of hydrogen-bond acceptors (Lipinski definition) is 3. The van der Waals surface area contributed by atoms with Crippen LogP contribution in [-0.2, 0) is 16.4 Å². The van der Waals surface area contributed by atoms with E-state index in [1.165, 1.54) is 4.31 Å². The SMILES string of the molecule is COc1ccc(S(=O)(=O)N2c3ccccc3CC2C)cc1I. The molecule has 22 heavy (non-hydrogen) atoms. The Bertz CT molecular complexity index is 820. The molecule has 3 rings (SSSR count). The van der Waals surface area contributed by atoms with Crippen LogP contribution in [0.25, 0.3) is 0 Å². The second-order valence-electron chi connectivity index (χ2n) is 5.28. The summed E-state index contributed by atoms with van der Waals surface area (Å²) in [4.78, 5) is 0.293. The fourth-order valence-electron chi connectivity index (χ4n) is 2.82. The molecule has 0 bridgehead atoms. The lowest BCUT2D eigenvalue weighted by Crippen LogP contribution is -2.35. The third kappa shape index (κ3) is 2.48. The van der Waals surface area contributed by atoms with Gasteiger partial charge in [-0.1, -0.05) is 18.2 Å². The highest BCUT2D eigenvalue weighted by Crippen LogP contribution is 2.37. The first-order valence-corrected chi connectivity index (χ1v) is 9.43. The predicted octanol–water partition coefficient (Wildman–Crippen LogP) is 3.44. The number of benzene rings is 2. The van der Waals surface area contributed by atoms with Crippen molar-refractivity contribution < 1.29 is 13.2 Å². The maximum Gasteiger partial charge on any atom is 0.264 e. The molecule has 0 aliphatic carbocycles. The quantitative estimate of drug-likeness (QED) is 0.703. The molecule has 0 fully saturated rings. The van der Waals surface area contributed by atoms with Gasteiger partial charge in [-0.3, -0.25) is 4.31 Å². The number of sulfonamides is 1. The van der Waals surface area contributed by atoms with Crippen molar-refractivity contribution in [3.63, 3.8) is 0 Å². The van der Waals surface area contributed by atoms with Crippen molar-refractivity contribution in [2.45, 2.75) is 24.3 Å². The van der Waals surface area contributed by atoms with Crippen molar-refractivity contribution in [1.29, 1.82) is 0 Å². The number of fused-ring (bicyclic) bond motifs is 1. The molecule has 1 heterocycles. The summed E-state index contributed by atoms with van der Waals surface area (Å²) in [5.74, 6) is 0.675. The zero-order valence-corrected chi connectivity index (χ0v) is 15.3. The van der Waals surface area contributed by atoms with E-state index in [1.807, 2.05) is 31.2 Å². The van der Waals surface area contributed by atoms with Gasteiger partial charge in [-0.15, -0.1) is 0 Å². The van der Waals surface area contributed by atoms with Crippen molar-refractivity contribution >= 4 is 38.3 Å². The summed E-state index contributed by atoms with van der Waals surface area (Å²) in [6.07, 6.45) is 0.739. The molecule has 1 aliphatic rings. The highest BCUT2D eigenvalue weighted by Gasteiger charge is 2.35. The van der Waals surface area contributed by atoms with Crippen LogP contribution in [0.4, 0.5) is 5.69 Å². The lowest BCUT2D eigenvalue weighted by atomic mass is 10.1. The van der Waals surface area contributed by atoms with Crippen LogP contribution < -0.4 is 9.04 Å². The van der Waals surface area contributed by atoms with Crippen LogP contribution in [-0.4, -0.2) is 21.6 Å². The number of ether oxygens (including phenoxy) is 1. The number of hydrogen-bond donors (Lipinski definition) is 0. The van der Waals surface area contributed by atoms with Crippen molar-refractivity contribution in [1.82, 2.24) is 0 Å². The van der Waals surface area contributed by atoms with Gasteiger partial charge < -0.3 is 4.74 Å². The van der Waals surface area contributed by atoms with E-state index in [1.54, 1.807) is 25.3 Å².